The molecule has 1 aliphatic rings. The highest BCUT2D eigenvalue weighted by Crippen LogP contribution is 2.35. The van der Waals surface area contributed by atoms with E-state index >= 15 is 0 Å². The minimum Gasteiger partial charge on any atom is -0.505 e. The molecule has 0 saturated carbocycles. The normalized spacial score (nSPS) is 17.7. The number of aryl methyl sites for hydroxylation is 1. The molecule has 1 aromatic carbocycles. The molecule has 3 heterocycles. The first-order chi connectivity index (χ1) is 16.6. The fraction of sp³-hybridized carbons (Fsp3) is 0.304. The van der Waals surface area contributed by atoms with Crippen LogP contribution >= 0.6 is 11.3 Å². The largest absolute Gasteiger partial charge is 0.505 e. The first-order valence-electron chi connectivity index (χ1n) is 10.9. The van der Waals surface area contributed by atoms with Crippen molar-refractivity contribution in [3.63, 3.8) is 0 Å². The van der Waals surface area contributed by atoms with E-state index in [1.165, 1.54) is 34.2 Å². The molecule has 0 spiro atoms. The molecule has 0 aliphatic carbocycles. The van der Waals surface area contributed by atoms with Crippen LogP contribution in [-0.4, -0.2) is 45.5 Å². The topological polar surface area (TPSA) is 143 Å². The van der Waals surface area contributed by atoms with Gasteiger partial charge in [0, 0.05) is 12.2 Å². The van der Waals surface area contributed by atoms with Gasteiger partial charge in [0.15, 0.2) is 11.6 Å². The van der Waals surface area contributed by atoms with Crippen LogP contribution in [0.4, 0.5) is 11.4 Å². The fourth-order valence-corrected chi connectivity index (χ4v) is 6.14. The van der Waals surface area contributed by atoms with E-state index in [4.69, 9.17) is 0 Å². The van der Waals surface area contributed by atoms with Crippen LogP contribution in [0.3, 0.4) is 0 Å². The van der Waals surface area contributed by atoms with Crippen LogP contribution in [0.5, 0.6) is 5.75 Å². The zero-order valence-corrected chi connectivity index (χ0v) is 22.7. The fourth-order valence-electron chi connectivity index (χ4n) is 3.57. The van der Waals surface area contributed by atoms with Crippen molar-refractivity contribution in [1.82, 2.24) is 9.78 Å². The summed E-state index contributed by atoms with van der Waals surface area (Å²) in [5.41, 5.74) is -0.0775. The first-order valence-corrected chi connectivity index (χ1v) is 15.3. The molecule has 192 valence electrons. The van der Waals surface area contributed by atoms with Crippen molar-refractivity contribution in [2.75, 3.05) is 16.3 Å². The van der Waals surface area contributed by atoms with Gasteiger partial charge >= 0.3 is 0 Å². The Morgan fingerprint density at radius 3 is 2.61 bits per heavy atom. The second-order valence-electron chi connectivity index (χ2n) is 9.68. The second kappa shape index (κ2) is 9.05. The number of nitrogens with one attached hydrogen (secondary N) is 2. The molecule has 0 saturated heterocycles. The maximum absolute atomic E-state index is 13.5. The molecular formula is C23H27N5O5S3. The van der Waals surface area contributed by atoms with E-state index < -0.39 is 25.3 Å². The standard InChI is InChI=1S/C23H27N5O5S3/c1-23(2,3)10-11-28-22(30)18(20(29)19(25-28)16-7-6-12-34-16)21-24-15-9-8-14(26-36(5,32)33)13-17(15)35(4,31)27-21/h6-9,12-13,26,29H,4,10-11H2,1-3,5H3,(H,24,27,31). The Morgan fingerprint density at radius 1 is 1.28 bits per heavy atom. The number of hydrogen-bond donors (Lipinski definition) is 3. The summed E-state index contributed by atoms with van der Waals surface area (Å²) in [4.78, 5) is 14.3. The van der Waals surface area contributed by atoms with E-state index in [2.05, 4.69) is 25.4 Å². The zero-order valence-electron chi connectivity index (χ0n) is 20.2. The summed E-state index contributed by atoms with van der Waals surface area (Å²) in [5.74, 6) is 3.25. The number of nitrogens with zero attached hydrogens (tertiary/aromatic N) is 3. The van der Waals surface area contributed by atoms with Gasteiger partial charge in [0.25, 0.3) is 5.56 Å². The number of hydrogen-bond acceptors (Lipinski definition) is 8. The van der Waals surface area contributed by atoms with E-state index in [9.17, 15) is 22.5 Å². The molecule has 13 heteroatoms. The highest BCUT2D eigenvalue weighted by atomic mass is 32.2. The Labute approximate surface area is 213 Å². The molecule has 36 heavy (non-hydrogen) atoms. The highest BCUT2D eigenvalue weighted by Gasteiger charge is 2.29. The maximum atomic E-state index is 13.5. The summed E-state index contributed by atoms with van der Waals surface area (Å²) in [6.07, 6.45) is 1.66. The number of anilines is 2. The van der Waals surface area contributed by atoms with Crippen LogP contribution in [0.25, 0.3) is 10.6 Å². The van der Waals surface area contributed by atoms with Crippen molar-refractivity contribution in [2.45, 2.75) is 38.6 Å². The van der Waals surface area contributed by atoms with E-state index in [0.717, 1.165) is 6.26 Å². The molecule has 0 bridgehead atoms. The van der Waals surface area contributed by atoms with Crippen LogP contribution in [0.15, 0.2) is 49.8 Å². The third kappa shape index (κ3) is 5.47. The predicted molar refractivity (Wildman–Crippen MR) is 146 cm³/mol. The Hall–Kier alpha value is -3.16. The van der Waals surface area contributed by atoms with Gasteiger partial charge in [0.2, 0.25) is 10.0 Å². The van der Waals surface area contributed by atoms with Gasteiger partial charge < -0.3 is 10.4 Å². The van der Waals surface area contributed by atoms with Gasteiger partial charge in [-0.3, -0.25) is 9.52 Å². The molecule has 0 fully saturated rings. The van der Waals surface area contributed by atoms with Gasteiger partial charge in [-0.25, -0.2) is 17.3 Å². The van der Waals surface area contributed by atoms with Gasteiger partial charge in [-0.1, -0.05) is 26.8 Å². The predicted octanol–water partition coefficient (Wildman–Crippen LogP) is 3.35. The summed E-state index contributed by atoms with van der Waals surface area (Å²) < 4.78 is 44.5. The van der Waals surface area contributed by atoms with Crippen LogP contribution < -0.4 is 15.6 Å². The van der Waals surface area contributed by atoms with Crippen molar-refractivity contribution >= 4 is 54.1 Å². The average molecular weight is 550 g/mol. The Morgan fingerprint density at radius 2 is 2.00 bits per heavy atom. The van der Waals surface area contributed by atoms with Crippen LogP contribution in [0, 0.1) is 5.41 Å². The average Bonchev–Trinajstić information content (AvgIpc) is 3.26. The summed E-state index contributed by atoms with van der Waals surface area (Å²) >= 11 is 1.36. The Bertz CT molecular complexity index is 1630. The van der Waals surface area contributed by atoms with Gasteiger partial charge in [-0.05, 0) is 47.4 Å². The lowest BCUT2D eigenvalue weighted by atomic mass is 9.92. The van der Waals surface area contributed by atoms with Crippen molar-refractivity contribution < 1.29 is 17.7 Å². The smallest absolute Gasteiger partial charge is 0.281 e. The SMILES string of the molecule is C=S1(=O)N=C(c2c(O)c(-c3cccs3)nn(CCC(C)(C)C)c2=O)Nc2ccc(NS(C)(=O)=O)cc21. The lowest BCUT2D eigenvalue weighted by molar-refractivity contribution is 0.335. The van der Waals surface area contributed by atoms with Crippen molar-refractivity contribution in [2.24, 2.45) is 9.81 Å². The zero-order chi connectivity index (χ0) is 26.5. The molecule has 0 radical (unpaired) electrons. The molecule has 1 unspecified atom stereocenters. The molecule has 10 nitrogen and oxygen atoms in total. The molecule has 2 aromatic heterocycles. The first kappa shape index (κ1) is 25.9. The molecule has 4 rings (SSSR count). The third-order valence-electron chi connectivity index (χ3n) is 5.32. The van der Waals surface area contributed by atoms with Crippen LogP contribution in [0.2, 0.25) is 0 Å². The number of aromatic nitrogens is 2. The second-order valence-corrected chi connectivity index (χ2v) is 14.3. The van der Waals surface area contributed by atoms with Gasteiger partial charge in [0.05, 0.1) is 31.4 Å². The number of rotatable bonds is 6. The van der Waals surface area contributed by atoms with E-state index in [0.29, 0.717) is 23.5 Å². The maximum Gasteiger partial charge on any atom is 0.281 e. The minimum atomic E-state index is -3.56. The number of benzene rings is 1. The molecule has 0 amide bonds. The van der Waals surface area contributed by atoms with E-state index in [1.54, 1.807) is 6.07 Å². The number of fused-ring (bicyclic) bond motifs is 1. The van der Waals surface area contributed by atoms with Crippen molar-refractivity contribution in [3.8, 4) is 16.3 Å². The lowest BCUT2D eigenvalue weighted by Crippen LogP contribution is -2.34. The molecule has 3 aromatic rings. The summed E-state index contributed by atoms with van der Waals surface area (Å²) in [6, 6.07) is 7.96. The highest BCUT2D eigenvalue weighted by molar-refractivity contribution is 7.99. The number of sulfonamides is 1. The molecule has 1 aliphatic heterocycles. The summed E-state index contributed by atoms with van der Waals surface area (Å²) in [5, 5.41) is 20.4. The lowest BCUT2D eigenvalue weighted by Gasteiger charge is -2.23. The molecule has 1 atom stereocenters. The summed E-state index contributed by atoms with van der Waals surface area (Å²) in [6.45, 7) is 6.45. The monoisotopic (exact) mass is 549 g/mol. The van der Waals surface area contributed by atoms with Gasteiger partial charge in [-0.15, -0.1) is 11.3 Å². The van der Waals surface area contributed by atoms with E-state index in [-0.39, 0.29) is 38.8 Å². The number of aromatic hydroxyl groups is 1. The molecular weight excluding hydrogens is 522 g/mol. The van der Waals surface area contributed by atoms with Gasteiger partial charge in [-0.2, -0.15) is 9.50 Å². The number of amidine groups is 1. The number of thiophene rings is 1. The van der Waals surface area contributed by atoms with Crippen molar-refractivity contribution in [3.05, 3.63) is 51.6 Å². The van der Waals surface area contributed by atoms with E-state index in [1.807, 2.05) is 32.2 Å². The third-order valence-corrected chi connectivity index (χ3v) is 8.30. The van der Waals surface area contributed by atoms with Crippen molar-refractivity contribution in [1.29, 1.82) is 0 Å². The van der Waals surface area contributed by atoms with Crippen LogP contribution in [0.1, 0.15) is 32.8 Å². The molecule has 3 N–H and O–H groups in total. The summed E-state index contributed by atoms with van der Waals surface area (Å²) in [7, 11) is -6.91. The Balaban J connectivity index is 1.87. The quantitative estimate of drug-likeness (QED) is 0.400. The minimum absolute atomic E-state index is 0.0683. The Kier molecular flexibility index (Phi) is 6.52. The van der Waals surface area contributed by atoms with Gasteiger partial charge in [0.1, 0.15) is 11.3 Å². The van der Waals surface area contributed by atoms with Crippen LogP contribution in [-0.2, 0) is 26.3 Å².